The quantitative estimate of drug-likeness (QED) is 0.695. The van der Waals surface area contributed by atoms with E-state index in [-0.39, 0.29) is 0 Å². The number of hydrogen-bond donors (Lipinski definition) is 1. The van der Waals surface area contributed by atoms with Gasteiger partial charge in [0.05, 0.1) is 13.6 Å². The average molecular weight is 346 g/mol. The molecule has 0 saturated carbocycles. The Morgan fingerprint density at radius 2 is 1.96 bits per heavy atom. The van der Waals surface area contributed by atoms with Crippen LogP contribution in [0.2, 0.25) is 0 Å². The summed E-state index contributed by atoms with van der Waals surface area (Å²) >= 11 is 7.37. The fraction of sp³-hybridized carbons (Fsp3) is 0.294. The molecule has 3 rings (SSSR count). The Kier molecular flexibility index (Phi) is 5.05. The summed E-state index contributed by atoms with van der Waals surface area (Å²) in [6.45, 7) is 4.55. The molecular formula is C17H21N4S2+. The zero-order chi connectivity index (χ0) is 16.2. The molecule has 0 saturated heterocycles. The normalized spacial score (nSPS) is 12.4. The fourth-order valence-corrected chi connectivity index (χ4v) is 3.62. The van der Waals surface area contributed by atoms with Crippen molar-refractivity contribution in [3.05, 3.63) is 68.9 Å². The lowest BCUT2D eigenvalue weighted by Crippen LogP contribution is -3.06. The number of rotatable bonds is 6. The molecule has 1 N–H and O–H groups in total. The number of aromatic nitrogens is 3. The van der Waals surface area contributed by atoms with E-state index in [4.69, 9.17) is 12.2 Å². The molecule has 0 aliphatic rings. The zero-order valence-corrected chi connectivity index (χ0v) is 15.0. The molecular weight excluding hydrogens is 324 g/mol. The number of nitrogens with zero attached hydrogens (tertiary/aromatic N) is 3. The highest BCUT2D eigenvalue weighted by atomic mass is 32.1. The van der Waals surface area contributed by atoms with Crippen LogP contribution in [-0.2, 0) is 19.8 Å². The van der Waals surface area contributed by atoms with E-state index < -0.39 is 0 Å². The second-order valence-electron chi connectivity index (χ2n) is 5.82. The predicted molar refractivity (Wildman–Crippen MR) is 96.2 cm³/mol. The van der Waals surface area contributed by atoms with Gasteiger partial charge >= 0.3 is 0 Å². The van der Waals surface area contributed by atoms with Crippen LogP contribution in [0.4, 0.5) is 0 Å². The molecule has 0 spiro atoms. The molecule has 23 heavy (non-hydrogen) atoms. The van der Waals surface area contributed by atoms with E-state index >= 15 is 0 Å². The van der Waals surface area contributed by atoms with Crippen LogP contribution in [0, 0.1) is 11.7 Å². The maximum atomic E-state index is 5.63. The van der Waals surface area contributed by atoms with Crippen molar-refractivity contribution in [1.82, 2.24) is 14.3 Å². The molecule has 0 radical (unpaired) electrons. The van der Waals surface area contributed by atoms with Gasteiger partial charge in [-0.1, -0.05) is 30.3 Å². The van der Waals surface area contributed by atoms with Gasteiger partial charge in [-0.25, -0.2) is 0 Å². The number of aryl methyl sites for hydroxylation is 1. The van der Waals surface area contributed by atoms with E-state index in [1.54, 1.807) is 11.3 Å². The van der Waals surface area contributed by atoms with E-state index in [9.17, 15) is 0 Å². The Labute approximate surface area is 145 Å². The highest BCUT2D eigenvalue weighted by Crippen LogP contribution is 2.07. The minimum absolute atomic E-state index is 0.773. The van der Waals surface area contributed by atoms with Crippen LogP contribution in [0.25, 0.3) is 0 Å². The van der Waals surface area contributed by atoms with Gasteiger partial charge < -0.3 is 4.90 Å². The summed E-state index contributed by atoms with van der Waals surface area (Å²) in [7, 11) is 2.17. The van der Waals surface area contributed by atoms with Crippen LogP contribution in [0.15, 0.2) is 47.2 Å². The van der Waals surface area contributed by atoms with Crippen molar-refractivity contribution in [1.29, 1.82) is 0 Å². The van der Waals surface area contributed by atoms with E-state index in [1.165, 1.54) is 16.0 Å². The van der Waals surface area contributed by atoms with Gasteiger partial charge in [-0.05, 0) is 41.5 Å². The summed E-state index contributed by atoms with van der Waals surface area (Å²) in [5.41, 5.74) is 2.60. The summed E-state index contributed by atoms with van der Waals surface area (Å²) in [5.74, 6) is 0.960. The lowest BCUT2D eigenvalue weighted by Gasteiger charge is -2.12. The summed E-state index contributed by atoms with van der Waals surface area (Å²) < 4.78 is 4.83. The number of benzene rings is 1. The average Bonchev–Trinajstić information content (AvgIpc) is 3.12. The van der Waals surface area contributed by atoms with Crippen molar-refractivity contribution < 1.29 is 4.90 Å². The third kappa shape index (κ3) is 3.96. The smallest absolute Gasteiger partial charge is 0.203 e. The van der Waals surface area contributed by atoms with Crippen LogP contribution < -0.4 is 4.90 Å². The first-order chi connectivity index (χ1) is 11.1. The second-order valence-corrected chi connectivity index (χ2v) is 6.97. The minimum atomic E-state index is 0.773. The number of hydrogen-bond acceptors (Lipinski definition) is 3. The summed E-state index contributed by atoms with van der Waals surface area (Å²) in [5, 5.41) is 8.95. The van der Waals surface area contributed by atoms with Gasteiger partial charge in [-0.3, -0.25) is 4.57 Å². The van der Waals surface area contributed by atoms with Crippen LogP contribution in [0.3, 0.4) is 0 Å². The molecule has 4 nitrogen and oxygen atoms in total. The molecule has 2 aromatic heterocycles. The minimum Gasteiger partial charge on any atom is -0.315 e. The Balaban J connectivity index is 1.74. The van der Waals surface area contributed by atoms with Gasteiger partial charge in [0.15, 0.2) is 6.67 Å². The van der Waals surface area contributed by atoms with Crippen molar-refractivity contribution >= 4 is 23.6 Å². The Bertz CT molecular complexity index is 803. The van der Waals surface area contributed by atoms with E-state index in [0.717, 1.165) is 30.4 Å². The second kappa shape index (κ2) is 7.21. The summed E-state index contributed by atoms with van der Waals surface area (Å²) in [4.78, 5) is 1.36. The Morgan fingerprint density at radius 3 is 2.65 bits per heavy atom. The predicted octanol–water partition coefficient (Wildman–Crippen LogP) is 2.50. The van der Waals surface area contributed by atoms with Gasteiger partial charge in [-0.15, -0.1) is 0 Å². The summed E-state index contributed by atoms with van der Waals surface area (Å²) in [6, 6.07) is 12.5. The molecule has 0 aliphatic carbocycles. The number of nitrogens with one attached hydrogen (secondary N) is 1. The van der Waals surface area contributed by atoms with Crippen molar-refractivity contribution in [3.63, 3.8) is 0 Å². The lowest BCUT2D eigenvalue weighted by molar-refractivity contribution is -0.917. The molecule has 2 heterocycles. The molecule has 1 unspecified atom stereocenters. The van der Waals surface area contributed by atoms with Crippen LogP contribution in [0.5, 0.6) is 0 Å². The van der Waals surface area contributed by atoms with E-state index in [0.29, 0.717) is 0 Å². The standard InChI is InChI=1S/C17H20N4S2/c1-14-18-21(13-19(2)10-16-8-9-23-12-16)17(22)20(14)11-15-6-4-3-5-7-15/h3-9,12H,10-11,13H2,1-2H3/p+1. The maximum absolute atomic E-state index is 5.63. The largest absolute Gasteiger partial charge is 0.315 e. The zero-order valence-electron chi connectivity index (χ0n) is 13.4. The molecule has 120 valence electrons. The molecule has 0 aliphatic heterocycles. The highest BCUT2D eigenvalue weighted by Gasteiger charge is 2.11. The molecule has 3 aromatic rings. The van der Waals surface area contributed by atoms with Gasteiger partial charge in [0.2, 0.25) is 4.77 Å². The lowest BCUT2D eigenvalue weighted by atomic mass is 10.2. The van der Waals surface area contributed by atoms with E-state index in [1.807, 2.05) is 17.7 Å². The third-order valence-electron chi connectivity index (χ3n) is 3.80. The van der Waals surface area contributed by atoms with Crippen molar-refractivity contribution in [2.45, 2.75) is 26.7 Å². The molecule has 0 bridgehead atoms. The van der Waals surface area contributed by atoms with Crippen molar-refractivity contribution in [3.8, 4) is 0 Å². The SMILES string of the molecule is Cc1nn(C[NH+](C)Cc2ccsc2)c(=S)n1Cc1ccccc1. The topological polar surface area (TPSA) is 27.2 Å². The first-order valence-electron chi connectivity index (χ1n) is 7.64. The first-order valence-corrected chi connectivity index (χ1v) is 8.99. The molecule has 0 amide bonds. The molecule has 1 atom stereocenters. The van der Waals surface area contributed by atoms with Crippen LogP contribution in [0.1, 0.15) is 17.0 Å². The Hall–Kier alpha value is -1.76. The molecule has 1 aromatic carbocycles. The van der Waals surface area contributed by atoms with Gasteiger partial charge in [0.1, 0.15) is 12.4 Å². The van der Waals surface area contributed by atoms with Crippen LogP contribution in [-0.4, -0.2) is 21.4 Å². The summed E-state index contributed by atoms with van der Waals surface area (Å²) in [6.07, 6.45) is 0. The first kappa shape index (κ1) is 16.1. The molecule has 0 fully saturated rings. The fourth-order valence-electron chi connectivity index (χ4n) is 2.65. The van der Waals surface area contributed by atoms with Crippen molar-refractivity contribution in [2.75, 3.05) is 7.05 Å². The number of thiophene rings is 1. The van der Waals surface area contributed by atoms with Gasteiger partial charge in [0, 0.05) is 5.56 Å². The van der Waals surface area contributed by atoms with Gasteiger partial charge in [0.25, 0.3) is 0 Å². The van der Waals surface area contributed by atoms with Crippen molar-refractivity contribution in [2.24, 2.45) is 0 Å². The Morgan fingerprint density at radius 1 is 1.17 bits per heavy atom. The maximum Gasteiger partial charge on any atom is 0.203 e. The third-order valence-corrected chi connectivity index (χ3v) is 4.96. The van der Waals surface area contributed by atoms with Gasteiger partial charge in [-0.2, -0.15) is 21.1 Å². The monoisotopic (exact) mass is 345 g/mol. The number of quaternary nitrogens is 1. The molecule has 6 heteroatoms. The van der Waals surface area contributed by atoms with E-state index in [2.05, 4.69) is 57.8 Å². The van der Waals surface area contributed by atoms with Crippen LogP contribution >= 0.6 is 23.6 Å². The highest BCUT2D eigenvalue weighted by molar-refractivity contribution is 7.71.